The molecule has 0 saturated carbocycles. The largest absolute Gasteiger partial charge is 0.294 e. The van der Waals surface area contributed by atoms with Crippen molar-refractivity contribution in [3.63, 3.8) is 0 Å². The van der Waals surface area contributed by atoms with Crippen molar-refractivity contribution >= 4 is 39.3 Å². The van der Waals surface area contributed by atoms with E-state index in [1.54, 1.807) is 41.1 Å². The van der Waals surface area contributed by atoms with Gasteiger partial charge in [0.05, 0.1) is 29.8 Å². The maximum absolute atomic E-state index is 13.8. The minimum absolute atomic E-state index is 0.0982. The van der Waals surface area contributed by atoms with Gasteiger partial charge in [0, 0.05) is 53.9 Å². The number of imide groups is 1. The number of nitrogens with zero attached hydrogens (tertiary/aromatic N) is 4. The maximum Gasteiger partial charge on any atom is 0.271 e. The molecule has 0 atom stereocenters. The Hall–Kier alpha value is -3.60. The summed E-state index contributed by atoms with van der Waals surface area (Å²) in [6.07, 6.45) is 0.513. The molecule has 2 aliphatic rings. The van der Waals surface area contributed by atoms with Crippen LogP contribution in [-0.4, -0.2) is 44.1 Å². The number of amides is 2. The van der Waals surface area contributed by atoms with Gasteiger partial charge >= 0.3 is 0 Å². The average molecular weight is 642 g/mol. The van der Waals surface area contributed by atoms with E-state index in [0.29, 0.717) is 46.8 Å². The van der Waals surface area contributed by atoms with Crippen LogP contribution in [0.2, 0.25) is 5.02 Å². The molecule has 6 rings (SSSR count). The Morgan fingerprint density at radius 2 is 1.51 bits per heavy atom. The van der Waals surface area contributed by atoms with Gasteiger partial charge in [-0.25, -0.2) is 13.5 Å². The highest BCUT2D eigenvalue weighted by atomic mass is 79.9. The second kappa shape index (κ2) is 11.0. The lowest BCUT2D eigenvalue weighted by Crippen LogP contribution is -2.35. The van der Waals surface area contributed by atoms with Gasteiger partial charge in [-0.05, 0) is 47.5 Å². The monoisotopic (exact) mass is 640 g/mol. The molecular weight excluding hydrogens is 618 g/mol. The molecule has 0 saturated heterocycles. The Balaban J connectivity index is 1.32. The third kappa shape index (κ3) is 5.27. The van der Waals surface area contributed by atoms with E-state index in [4.69, 9.17) is 11.6 Å². The fourth-order valence-corrected chi connectivity index (χ4v) is 6.46. The fourth-order valence-electron chi connectivity index (χ4n) is 5.65. The van der Waals surface area contributed by atoms with Crippen LogP contribution in [0.3, 0.4) is 0 Å². The Morgan fingerprint density at radius 3 is 2.17 bits per heavy atom. The number of rotatable bonds is 7. The first-order valence-electron chi connectivity index (χ1n) is 13.1. The van der Waals surface area contributed by atoms with Crippen LogP contribution in [0.4, 0.5) is 8.78 Å². The normalized spacial score (nSPS) is 15.0. The fraction of sp³-hybridized carbons (Fsp3) is 0.233. The Morgan fingerprint density at radius 1 is 0.829 bits per heavy atom. The smallest absolute Gasteiger partial charge is 0.271 e. The minimum atomic E-state index is -0.645. The molecule has 1 aromatic heterocycles. The van der Waals surface area contributed by atoms with Crippen LogP contribution in [0.5, 0.6) is 0 Å². The molecule has 0 aliphatic carbocycles. The topological polar surface area (TPSA) is 67.5 Å². The summed E-state index contributed by atoms with van der Waals surface area (Å²) in [5, 5.41) is 0.553. The second-order valence-electron chi connectivity index (χ2n) is 10.2. The van der Waals surface area contributed by atoms with Gasteiger partial charge in [-0.2, -0.15) is 0 Å². The van der Waals surface area contributed by atoms with Gasteiger partial charge in [0.25, 0.3) is 17.4 Å². The van der Waals surface area contributed by atoms with Crippen LogP contribution in [0.25, 0.3) is 0 Å². The number of hydrogen-bond donors (Lipinski definition) is 0. The molecule has 0 radical (unpaired) electrons. The molecule has 3 aromatic carbocycles. The summed E-state index contributed by atoms with van der Waals surface area (Å²) in [5.74, 6) is -2.00. The quantitative estimate of drug-likeness (QED) is 0.259. The highest BCUT2D eigenvalue weighted by Crippen LogP contribution is 2.26. The van der Waals surface area contributed by atoms with E-state index in [-0.39, 0.29) is 43.6 Å². The molecule has 2 aliphatic heterocycles. The molecule has 2 amide bonds. The molecule has 41 heavy (non-hydrogen) atoms. The summed E-state index contributed by atoms with van der Waals surface area (Å²) in [4.78, 5) is 43.0. The van der Waals surface area contributed by atoms with E-state index in [1.165, 1.54) is 17.0 Å². The molecular formula is C30H24BrClF2N4O3. The predicted molar refractivity (Wildman–Crippen MR) is 153 cm³/mol. The lowest BCUT2D eigenvalue weighted by molar-refractivity contribution is 0.0645. The van der Waals surface area contributed by atoms with Crippen LogP contribution in [0.15, 0.2) is 69.9 Å². The van der Waals surface area contributed by atoms with Crippen molar-refractivity contribution in [1.29, 1.82) is 0 Å². The summed E-state index contributed by atoms with van der Waals surface area (Å²) < 4.78 is 31.8. The minimum Gasteiger partial charge on any atom is -0.294 e. The summed E-state index contributed by atoms with van der Waals surface area (Å²) in [7, 11) is 0. The molecule has 0 N–H and O–H groups in total. The van der Waals surface area contributed by atoms with Crippen LogP contribution < -0.4 is 5.56 Å². The van der Waals surface area contributed by atoms with Crippen molar-refractivity contribution in [2.45, 2.75) is 32.6 Å². The molecule has 0 spiro atoms. The lowest BCUT2D eigenvalue weighted by Gasteiger charge is -2.27. The number of benzene rings is 3. The van der Waals surface area contributed by atoms with E-state index in [1.807, 2.05) is 15.6 Å². The average Bonchev–Trinajstić information content (AvgIpc) is 3.33. The summed E-state index contributed by atoms with van der Waals surface area (Å²) in [6.45, 7) is 1.72. The third-order valence-corrected chi connectivity index (χ3v) is 8.54. The van der Waals surface area contributed by atoms with E-state index in [0.717, 1.165) is 21.8 Å². The van der Waals surface area contributed by atoms with Crippen LogP contribution in [-0.2, 0) is 32.6 Å². The summed E-state index contributed by atoms with van der Waals surface area (Å²) in [6, 6.07) is 15.5. The SMILES string of the molecule is O=C1c2ccccc2C(=O)N1CCn1c2c(c(=O)n1Cc1ccc(Cl)cc1Br)CN(Cc1cc(F)cc(F)c1)CC2. The first-order chi connectivity index (χ1) is 19.7. The van der Waals surface area contributed by atoms with Crippen molar-refractivity contribution in [2.75, 3.05) is 13.1 Å². The molecule has 3 heterocycles. The zero-order valence-electron chi connectivity index (χ0n) is 21.7. The van der Waals surface area contributed by atoms with Crippen molar-refractivity contribution in [2.24, 2.45) is 0 Å². The zero-order chi connectivity index (χ0) is 28.8. The number of carbonyl (C=O) groups is 2. The predicted octanol–water partition coefficient (Wildman–Crippen LogP) is 5.25. The number of hydrogen-bond acceptors (Lipinski definition) is 4. The Kier molecular flexibility index (Phi) is 7.39. The van der Waals surface area contributed by atoms with Gasteiger partial charge < -0.3 is 0 Å². The van der Waals surface area contributed by atoms with Gasteiger partial charge in [0.15, 0.2) is 0 Å². The van der Waals surface area contributed by atoms with Crippen molar-refractivity contribution in [1.82, 2.24) is 19.2 Å². The van der Waals surface area contributed by atoms with Gasteiger partial charge in [-0.3, -0.25) is 28.9 Å². The van der Waals surface area contributed by atoms with Crippen molar-refractivity contribution in [3.05, 3.63) is 126 Å². The number of aromatic nitrogens is 2. The molecule has 7 nitrogen and oxygen atoms in total. The van der Waals surface area contributed by atoms with Gasteiger partial charge in [-0.1, -0.05) is 45.7 Å². The zero-order valence-corrected chi connectivity index (χ0v) is 24.1. The molecule has 4 aromatic rings. The number of carbonyl (C=O) groups excluding carboxylic acids is 2. The van der Waals surface area contributed by atoms with Crippen LogP contribution >= 0.6 is 27.5 Å². The maximum atomic E-state index is 13.8. The molecule has 0 fully saturated rings. The van der Waals surface area contributed by atoms with Gasteiger partial charge in [-0.15, -0.1) is 0 Å². The molecule has 0 bridgehead atoms. The Bertz CT molecular complexity index is 1710. The first-order valence-corrected chi connectivity index (χ1v) is 14.2. The van der Waals surface area contributed by atoms with Gasteiger partial charge in [0.1, 0.15) is 11.6 Å². The van der Waals surface area contributed by atoms with E-state index < -0.39 is 11.6 Å². The summed E-state index contributed by atoms with van der Waals surface area (Å²) in [5.41, 5.74) is 3.28. The van der Waals surface area contributed by atoms with Crippen LogP contribution in [0, 0.1) is 11.6 Å². The molecule has 0 unspecified atom stereocenters. The second-order valence-corrected chi connectivity index (χ2v) is 11.5. The Labute approximate surface area is 247 Å². The first kappa shape index (κ1) is 27.6. The third-order valence-electron chi connectivity index (χ3n) is 7.57. The molecule has 11 heteroatoms. The standard InChI is InChI=1S/C30H24BrClF2N4O3/c31-26-13-20(32)6-5-19(26)16-38-30(41)25-17-35(15-18-11-21(33)14-22(34)12-18)8-7-27(25)37(38)10-9-36-28(39)23-3-1-2-4-24(23)29(36)40/h1-6,11-14H,7-10,15-17H2. The van der Waals surface area contributed by atoms with Crippen molar-refractivity contribution < 1.29 is 18.4 Å². The van der Waals surface area contributed by atoms with Gasteiger partial charge in [0.2, 0.25) is 0 Å². The number of fused-ring (bicyclic) bond motifs is 2. The van der Waals surface area contributed by atoms with Crippen LogP contribution in [0.1, 0.15) is 43.1 Å². The highest BCUT2D eigenvalue weighted by molar-refractivity contribution is 9.10. The summed E-state index contributed by atoms with van der Waals surface area (Å²) >= 11 is 9.66. The number of halogens is 4. The van der Waals surface area contributed by atoms with E-state index in [9.17, 15) is 23.2 Å². The lowest BCUT2D eigenvalue weighted by atomic mass is 10.1. The molecule has 210 valence electrons. The van der Waals surface area contributed by atoms with E-state index >= 15 is 0 Å². The van der Waals surface area contributed by atoms with Crippen molar-refractivity contribution in [3.8, 4) is 0 Å². The highest BCUT2D eigenvalue weighted by Gasteiger charge is 2.35. The van der Waals surface area contributed by atoms with E-state index in [2.05, 4.69) is 15.9 Å².